The first-order chi connectivity index (χ1) is 6.02. The van der Waals surface area contributed by atoms with Gasteiger partial charge in [0.1, 0.15) is 0 Å². The van der Waals surface area contributed by atoms with Crippen LogP contribution in [0.5, 0.6) is 0 Å². The summed E-state index contributed by atoms with van der Waals surface area (Å²) in [5.74, 6) is -2.85. The maximum absolute atomic E-state index is 10.3. The molecule has 0 aliphatic carbocycles. The van der Waals surface area contributed by atoms with Gasteiger partial charge in [-0.15, -0.1) is 0 Å². The number of carboxylic acid groups (broad SMARTS) is 2. The molecule has 68 valence electrons. The number of anilines is 1. The van der Waals surface area contributed by atoms with Crippen LogP contribution in [0.2, 0.25) is 0 Å². The number of carbonyl (C=O) groups excluding carboxylic acids is 2. The summed E-state index contributed by atoms with van der Waals surface area (Å²) in [6.07, 6.45) is 0. The van der Waals surface area contributed by atoms with Gasteiger partial charge in [-0.05, 0) is 11.6 Å². The Hall–Kier alpha value is 1.23. The maximum atomic E-state index is 10.3. The van der Waals surface area contributed by atoms with Crippen molar-refractivity contribution in [2.45, 2.75) is 0 Å². The largest absolute Gasteiger partial charge is 1.00 e. The van der Waals surface area contributed by atoms with Crippen molar-refractivity contribution >= 4 is 17.6 Å². The van der Waals surface area contributed by atoms with E-state index >= 15 is 0 Å². The van der Waals surface area contributed by atoms with E-state index in [0.717, 1.165) is 18.2 Å². The third-order valence-corrected chi connectivity index (χ3v) is 1.51. The van der Waals surface area contributed by atoms with Crippen molar-refractivity contribution in [2.75, 3.05) is 5.73 Å². The number of nitrogens with two attached hydrogens (primary N) is 1. The molecule has 0 radical (unpaired) electrons. The zero-order valence-corrected chi connectivity index (χ0v) is 14.7. The first-order valence-corrected chi connectivity index (χ1v) is 3.34. The Morgan fingerprint density at radius 3 is 1.93 bits per heavy atom. The van der Waals surface area contributed by atoms with Gasteiger partial charge >= 0.3 is 103 Å². The van der Waals surface area contributed by atoms with Crippen molar-refractivity contribution in [1.82, 2.24) is 0 Å². The number of rotatable bonds is 2. The minimum Gasteiger partial charge on any atom is -0.545 e. The predicted molar refractivity (Wildman–Crippen MR) is 39.5 cm³/mol. The Labute approximate surface area is 171 Å². The average Bonchev–Trinajstić information content (AvgIpc) is 2.03. The van der Waals surface area contributed by atoms with Crippen molar-refractivity contribution < 1.29 is 123 Å². The first kappa shape index (κ1) is 18.6. The molecule has 2 N–H and O–H groups in total. The summed E-state index contributed by atoms with van der Waals surface area (Å²) in [6.45, 7) is 0. The van der Waals surface area contributed by atoms with Crippen LogP contribution in [0.1, 0.15) is 20.7 Å². The Morgan fingerprint density at radius 2 is 1.60 bits per heavy atom. The normalized spacial score (nSPS) is 8.27. The molecule has 1 aromatic carbocycles. The van der Waals surface area contributed by atoms with E-state index in [2.05, 4.69) is 0 Å². The van der Waals surface area contributed by atoms with E-state index in [1.54, 1.807) is 0 Å². The van der Waals surface area contributed by atoms with Crippen LogP contribution >= 0.6 is 0 Å². The van der Waals surface area contributed by atoms with Crippen LogP contribution < -0.4 is 119 Å². The number of carbonyl (C=O) groups is 2. The summed E-state index contributed by atoms with van der Waals surface area (Å²) >= 11 is 0. The van der Waals surface area contributed by atoms with Crippen LogP contribution in [0.15, 0.2) is 18.2 Å². The van der Waals surface area contributed by atoms with E-state index in [4.69, 9.17) is 5.73 Å². The molecule has 0 atom stereocenters. The molecule has 0 bridgehead atoms. The van der Waals surface area contributed by atoms with Crippen LogP contribution in [0.4, 0.5) is 5.69 Å². The van der Waals surface area contributed by atoms with Gasteiger partial charge in [-0.3, -0.25) is 0 Å². The SMILES string of the molecule is Nc1cc(C(=O)[O-])ccc1C(=O)[O-].[K+].[K+]. The Balaban J connectivity index is 0. The summed E-state index contributed by atoms with van der Waals surface area (Å²) in [5, 5.41) is 20.7. The molecule has 7 heteroatoms. The average molecular weight is 257 g/mol. The number of carboxylic acids is 2. The predicted octanol–water partition coefficient (Wildman–Crippen LogP) is -8.00. The van der Waals surface area contributed by atoms with Gasteiger partial charge in [0.15, 0.2) is 0 Å². The van der Waals surface area contributed by atoms with E-state index in [1.807, 2.05) is 0 Å². The number of hydrogen-bond acceptors (Lipinski definition) is 5. The smallest absolute Gasteiger partial charge is 0.545 e. The van der Waals surface area contributed by atoms with Gasteiger partial charge in [0.05, 0.1) is 11.9 Å². The minimum atomic E-state index is -1.44. The monoisotopic (exact) mass is 257 g/mol. The van der Waals surface area contributed by atoms with Crippen molar-refractivity contribution in [3.63, 3.8) is 0 Å². The van der Waals surface area contributed by atoms with E-state index < -0.39 is 11.9 Å². The molecule has 1 rings (SSSR count). The summed E-state index contributed by atoms with van der Waals surface area (Å²) in [6, 6.07) is 3.17. The van der Waals surface area contributed by atoms with Gasteiger partial charge in [-0.1, -0.05) is 12.1 Å². The summed E-state index contributed by atoms with van der Waals surface area (Å²) in [4.78, 5) is 20.7. The van der Waals surface area contributed by atoms with Gasteiger partial charge in [0, 0.05) is 11.3 Å². The minimum absolute atomic E-state index is 0. The summed E-state index contributed by atoms with van der Waals surface area (Å²) < 4.78 is 0. The van der Waals surface area contributed by atoms with Gasteiger partial charge < -0.3 is 25.5 Å². The summed E-state index contributed by atoms with van der Waals surface area (Å²) in [5.41, 5.74) is 4.70. The Bertz CT molecular complexity index is 381. The summed E-state index contributed by atoms with van der Waals surface area (Å²) in [7, 11) is 0. The van der Waals surface area contributed by atoms with E-state index in [1.165, 1.54) is 0 Å². The molecular weight excluding hydrogens is 252 g/mol. The van der Waals surface area contributed by atoms with Crippen LogP contribution in [0.3, 0.4) is 0 Å². The second kappa shape index (κ2) is 8.34. The van der Waals surface area contributed by atoms with Gasteiger partial charge in [-0.25, -0.2) is 0 Å². The van der Waals surface area contributed by atoms with Crippen LogP contribution in [0.25, 0.3) is 0 Å². The standard InChI is InChI=1S/C8H7NO4.2K/c9-6-3-4(7(10)11)1-2-5(6)8(12)13;;/h1-3H,9H2,(H,10,11)(H,12,13);;/q;2*+1/p-2. The fourth-order valence-corrected chi connectivity index (χ4v) is 0.876. The maximum Gasteiger partial charge on any atom is 1.00 e. The Kier molecular flexibility index (Phi) is 10.3. The van der Waals surface area contributed by atoms with Crippen LogP contribution in [0, 0.1) is 0 Å². The van der Waals surface area contributed by atoms with Crippen LogP contribution in [-0.4, -0.2) is 11.9 Å². The molecule has 0 heterocycles. The topological polar surface area (TPSA) is 106 Å². The molecule has 0 unspecified atom stereocenters. The third-order valence-electron chi connectivity index (χ3n) is 1.51. The van der Waals surface area contributed by atoms with Gasteiger partial charge in [-0.2, -0.15) is 0 Å². The Morgan fingerprint density at radius 1 is 1.07 bits per heavy atom. The fourth-order valence-electron chi connectivity index (χ4n) is 0.876. The van der Waals surface area contributed by atoms with Crippen molar-refractivity contribution in [3.8, 4) is 0 Å². The molecule has 15 heavy (non-hydrogen) atoms. The second-order valence-corrected chi connectivity index (χ2v) is 2.38. The molecule has 0 fully saturated rings. The zero-order valence-electron chi connectivity index (χ0n) is 8.44. The number of aromatic carboxylic acids is 2. The van der Waals surface area contributed by atoms with Crippen molar-refractivity contribution in [2.24, 2.45) is 0 Å². The van der Waals surface area contributed by atoms with E-state index in [9.17, 15) is 19.8 Å². The molecule has 1 aromatic rings. The molecule has 0 amide bonds. The molecular formula is C8H5K2NO4. The van der Waals surface area contributed by atoms with Crippen molar-refractivity contribution in [1.29, 1.82) is 0 Å². The van der Waals surface area contributed by atoms with Gasteiger partial charge in [0.2, 0.25) is 0 Å². The van der Waals surface area contributed by atoms with Gasteiger partial charge in [0.25, 0.3) is 0 Å². The number of nitrogen functional groups attached to an aromatic ring is 1. The van der Waals surface area contributed by atoms with E-state index in [0.29, 0.717) is 0 Å². The van der Waals surface area contributed by atoms with E-state index in [-0.39, 0.29) is 120 Å². The quantitative estimate of drug-likeness (QED) is 0.418. The molecule has 0 aliphatic heterocycles. The second-order valence-electron chi connectivity index (χ2n) is 2.38. The van der Waals surface area contributed by atoms with Crippen molar-refractivity contribution in [3.05, 3.63) is 29.3 Å². The molecule has 0 saturated carbocycles. The number of benzene rings is 1. The molecule has 5 nitrogen and oxygen atoms in total. The third kappa shape index (κ3) is 5.40. The molecule has 0 saturated heterocycles. The van der Waals surface area contributed by atoms with Crippen LogP contribution in [-0.2, 0) is 0 Å². The molecule has 0 spiro atoms. The first-order valence-electron chi connectivity index (χ1n) is 3.34. The molecule has 0 aromatic heterocycles. The number of hydrogen-bond donors (Lipinski definition) is 1. The zero-order chi connectivity index (χ0) is 10.0. The molecule has 0 aliphatic rings. The fraction of sp³-hybridized carbons (Fsp3) is 0.